The summed E-state index contributed by atoms with van der Waals surface area (Å²) in [6, 6.07) is 10.3. The minimum atomic E-state index is -0.0400. The number of carbonyl (C=O) groups excluding carboxylic acids is 1. The van der Waals surface area contributed by atoms with Crippen molar-refractivity contribution in [2.75, 3.05) is 0 Å². The highest BCUT2D eigenvalue weighted by molar-refractivity contribution is 5.93. The predicted octanol–water partition coefficient (Wildman–Crippen LogP) is 4.13. The molecule has 1 N–H and O–H groups in total. The topological polar surface area (TPSA) is 46.9 Å². The average Bonchev–Trinajstić information content (AvgIpc) is 3.14. The largest absolute Gasteiger partial charge is 0.347 e. The molecular weight excluding hydrogens is 310 g/mol. The first-order chi connectivity index (χ1) is 11.8. The Bertz CT molecular complexity index is 808. The monoisotopic (exact) mass is 337 g/mol. The number of hydrogen-bond donors (Lipinski definition) is 1. The Balaban J connectivity index is 1.57. The SMILES string of the molecule is Cc1c(C(=O)N[C@H]2C[C@@H]3CC[C@]2(C)C3(C)C)ncn1-c1ccccc1. The van der Waals surface area contributed by atoms with Gasteiger partial charge in [-0.2, -0.15) is 0 Å². The van der Waals surface area contributed by atoms with Crippen molar-refractivity contribution in [2.24, 2.45) is 16.7 Å². The Morgan fingerprint density at radius 2 is 1.96 bits per heavy atom. The maximum atomic E-state index is 12.9. The zero-order valence-corrected chi connectivity index (χ0v) is 15.5. The molecule has 2 bridgehead atoms. The van der Waals surface area contributed by atoms with Crippen molar-refractivity contribution in [2.45, 2.75) is 53.0 Å². The van der Waals surface area contributed by atoms with Crippen LogP contribution in [0.5, 0.6) is 0 Å². The van der Waals surface area contributed by atoms with Gasteiger partial charge in [0.25, 0.3) is 5.91 Å². The van der Waals surface area contributed by atoms with Gasteiger partial charge in [-0.3, -0.25) is 4.79 Å². The summed E-state index contributed by atoms with van der Waals surface area (Å²) in [7, 11) is 0. The zero-order valence-electron chi connectivity index (χ0n) is 15.5. The molecule has 4 rings (SSSR count). The smallest absolute Gasteiger partial charge is 0.272 e. The molecule has 2 saturated carbocycles. The number of rotatable bonds is 3. The maximum Gasteiger partial charge on any atom is 0.272 e. The fraction of sp³-hybridized carbons (Fsp3) is 0.524. The van der Waals surface area contributed by atoms with Gasteiger partial charge >= 0.3 is 0 Å². The molecule has 1 heterocycles. The first kappa shape index (κ1) is 16.4. The normalized spacial score (nSPS) is 29.8. The maximum absolute atomic E-state index is 12.9. The van der Waals surface area contributed by atoms with E-state index in [2.05, 4.69) is 31.1 Å². The number of nitrogens with zero attached hydrogens (tertiary/aromatic N) is 2. The van der Waals surface area contributed by atoms with Crippen molar-refractivity contribution in [1.29, 1.82) is 0 Å². The molecule has 1 aromatic carbocycles. The molecule has 2 aliphatic carbocycles. The van der Waals surface area contributed by atoms with Crippen LogP contribution in [0.1, 0.15) is 56.2 Å². The van der Waals surface area contributed by atoms with Crippen molar-refractivity contribution >= 4 is 5.91 Å². The van der Waals surface area contributed by atoms with E-state index < -0.39 is 0 Å². The highest BCUT2D eigenvalue weighted by atomic mass is 16.2. The van der Waals surface area contributed by atoms with Crippen molar-refractivity contribution in [3.63, 3.8) is 0 Å². The Morgan fingerprint density at radius 3 is 2.56 bits per heavy atom. The number of hydrogen-bond acceptors (Lipinski definition) is 2. The molecule has 0 saturated heterocycles. The number of benzene rings is 1. The van der Waals surface area contributed by atoms with Crippen LogP contribution in [-0.2, 0) is 0 Å². The summed E-state index contributed by atoms with van der Waals surface area (Å²) in [4.78, 5) is 17.3. The number of imidazole rings is 1. The van der Waals surface area contributed by atoms with Crippen LogP contribution in [-0.4, -0.2) is 21.5 Å². The third-order valence-electron chi connectivity index (χ3n) is 7.36. The second-order valence-electron chi connectivity index (χ2n) is 8.52. The summed E-state index contributed by atoms with van der Waals surface area (Å²) in [5.74, 6) is 0.674. The molecule has 25 heavy (non-hydrogen) atoms. The van der Waals surface area contributed by atoms with E-state index in [1.165, 1.54) is 12.8 Å². The molecule has 4 nitrogen and oxygen atoms in total. The van der Waals surface area contributed by atoms with Crippen LogP contribution >= 0.6 is 0 Å². The third-order valence-corrected chi connectivity index (χ3v) is 7.36. The molecule has 1 aromatic heterocycles. The third kappa shape index (κ3) is 2.26. The number of para-hydroxylation sites is 1. The van der Waals surface area contributed by atoms with Gasteiger partial charge in [0.2, 0.25) is 0 Å². The van der Waals surface area contributed by atoms with Crippen molar-refractivity contribution in [3.05, 3.63) is 48.0 Å². The van der Waals surface area contributed by atoms with Crippen LogP contribution in [0.2, 0.25) is 0 Å². The summed E-state index contributed by atoms with van der Waals surface area (Å²) >= 11 is 0. The number of nitrogens with one attached hydrogen (secondary N) is 1. The summed E-state index contributed by atoms with van der Waals surface area (Å²) < 4.78 is 1.97. The van der Waals surface area contributed by atoms with Gasteiger partial charge < -0.3 is 9.88 Å². The van der Waals surface area contributed by atoms with Gasteiger partial charge in [-0.1, -0.05) is 39.0 Å². The lowest BCUT2D eigenvalue weighted by Gasteiger charge is -2.39. The summed E-state index contributed by atoms with van der Waals surface area (Å²) in [6.07, 6.45) is 5.32. The lowest BCUT2D eigenvalue weighted by molar-refractivity contribution is 0.0821. The molecule has 0 radical (unpaired) electrons. The predicted molar refractivity (Wildman–Crippen MR) is 98.8 cm³/mol. The van der Waals surface area contributed by atoms with E-state index in [1.54, 1.807) is 6.33 Å². The van der Waals surface area contributed by atoms with E-state index in [4.69, 9.17) is 0 Å². The van der Waals surface area contributed by atoms with E-state index in [0.717, 1.165) is 17.8 Å². The van der Waals surface area contributed by atoms with Gasteiger partial charge in [0.1, 0.15) is 12.0 Å². The first-order valence-corrected chi connectivity index (χ1v) is 9.25. The lowest BCUT2D eigenvalue weighted by atomic mass is 9.69. The van der Waals surface area contributed by atoms with Gasteiger partial charge in [-0.25, -0.2) is 4.98 Å². The highest BCUT2D eigenvalue weighted by Gasteiger charge is 2.61. The van der Waals surface area contributed by atoms with Crippen LogP contribution in [0.4, 0.5) is 0 Å². The van der Waals surface area contributed by atoms with E-state index in [9.17, 15) is 4.79 Å². The van der Waals surface area contributed by atoms with E-state index in [-0.39, 0.29) is 17.4 Å². The Labute approximate surface area is 149 Å². The summed E-state index contributed by atoms with van der Waals surface area (Å²) in [6.45, 7) is 9.04. The summed E-state index contributed by atoms with van der Waals surface area (Å²) in [5.41, 5.74) is 2.93. The fourth-order valence-electron chi connectivity index (χ4n) is 5.13. The minimum Gasteiger partial charge on any atom is -0.347 e. The van der Waals surface area contributed by atoms with Crippen molar-refractivity contribution in [3.8, 4) is 5.69 Å². The van der Waals surface area contributed by atoms with E-state index >= 15 is 0 Å². The van der Waals surface area contributed by atoms with Gasteiger partial charge in [-0.15, -0.1) is 0 Å². The van der Waals surface area contributed by atoms with Gasteiger partial charge in [-0.05, 0) is 55.1 Å². The standard InChI is InChI=1S/C21H27N3O/c1-14-18(22-13-24(14)16-8-6-5-7-9-16)19(25)23-17-12-15-10-11-21(17,4)20(15,2)3/h5-9,13,15,17H,10-12H2,1-4H3,(H,23,25)/t15-,17-,21-/m0/s1. The van der Waals surface area contributed by atoms with Crippen LogP contribution in [0.25, 0.3) is 5.69 Å². The van der Waals surface area contributed by atoms with Crippen LogP contribution in [0.15, 0.2) is 36.7 Å². The molecule has 1 amide bonds. The van der Waals surface area contributed by atoms with Gasteiger partial charge in [0.15, 0.2) is 0 Å². The highest BCUT2D eigenvalue weighted by Crippen LogP contribution is 2.65. The quantitative estimate of drug-likeness (QED) is 0.915. The first-order valence-electron chi connectivity index (χ1n) is 9.25. The summed E-state index contributed by atoms with van der Waals surface area (Å²) in [5, 5.41) is 3.31. The van der Waals surface area contributed by atoms with Crippen molar-refractivity contribution in [1.82, 2.24) is 14.9 Å². The molecule has 2 aromatic rings. The number of fused-ring (bicyclic) bond motifs is 2. The van der Waals surface area contributed by atoms with Gasteiger partial charge in [0.05, 0.1) is 5.69 Å². The second-order valence-corrected chi connectivity index (χ2v) is 8.52. The lowest BCUT2D eigenvalue weighted by Crippen LogP contribution is -2.47. The number of aromatic nitrogens is 2. The van der Waals surface area contributed by atoms with Crippen LogP contribution in [0, 0.1) is 23.7 Å². The molecule has 2 fully saturated rings. The fourth-order valence-corrected chi connectivity index (χ4v) is 5.13. The average molecular weight is 337 g/mol. The molecule has 0 aliphatic heterocycles. The molecule has 132 valence electrons. The molecular formula is C21H27N3O. The van der Waals surface area contributed by atoms with Crippen molar-refractivity contribution < 1.29 is 4.79 Å². The van der Waals surface area contributed by atoms with E-state index in [1.807, 2.05) is 41.8 Å². The Kier molecular flexibility index (Phi) is 3.57. The van der Waals surface area contributed by atoms with Crippen LogP contribution in [0.3, 0.4) is 0 Å². The minimum absolute atomic E-state index is 0.0400. The molecule has 0 spiro atoms. The number of amides is 1. The van der Waals surface area contributed by atoms with Crippen LogP contribution < -0.4 is 5.32 Å². The number of carbonyl (C=O) groups is 1. The second kappa shape index (κ2) is 5.45. The van der Waals surface area contributed by atoms with E-state index in [0.29, 0.717) is 17.0 Å². The Morgan fingerprint density at radius 1 is 1.24 bits per heavy atom. The zero-order chi connectivity index (χ0) is 17.8. The molecule has 3 atom stereocenters. The Hall–Kier alpha value is -2.10. The van der Waals surface area contributed by atoms with Gasteiger partial charge in [0, 0.05) is 11.7 Å². The molecule has 4 heteroatoms. The molecule has 0 unspecified atom stereocenters. The molecule has 2 aliphatic rings.